The van der Waals surface area contributed by atoms with Crippen LogP contribution >= 0.6 is 11.8 Å². The number of para-hydroxylation sites is 1. The number of rotatable bonds is 5. The summed E-state index contributed by atoms with van der Waals surface area (Å²) in [6.07, 6.45) is 3.55. The number of carbonyl (C=O) groups excluding carboxylic acids is 1. The average molecular weight is 421 g/mol. The van der Waals surface area contributed by atoms with E-state index in [4.69, 9.17) is 4.74 Å². The molecule has 1 aromatic heterocycles. The van der Waals surface area contributed by atoms with E-state index in [-0.39, 0.29) is 12.5 Å². The number of fused-ring (bicyclic) bond motifs is 1. The van der Waals surface area contributed by atoms with Gasteiger partial charge in [0, 0.05) is 29.7 Å². The van der Waals surface area contributed by atoms with Crippen LogP contribution in [-0.4, -0.2) is 45.8 Å². The maximum Gasteiger partial charge on any atom is 0.323 e. The Morgan fingerprint density at radius 1 is 1.20 bits per heavy atom. The molecule has 0 saturated carbocycles. The number of likely N-dealkylation sites (N-methyl/N-ethyl adjacent to an activating group) is 1. The molecule has 152 valence electrons. The zero-order chi connectivity index (χ0) is 21.3. The summed E-state index contributed by atoms with van der Waals surface area (Å²) < 4.78 is 6.83. The summed E-state index contributed by atoms with van der Waals surface area (Å²) in [5.41, 5.74) is 2.32. The first kappa shape index (κ1) is 19.8. The molecule has 1 saturated heterocycles. The number of carbonyl (C=O) groups is 2. The van der Waals surface area contributed by atoms with Crippen LogP contribution in [-0.2, 0) is 16.1 Å². The molecule has 4 rings (SSSR count). The van der Waals surface area contributed by atoms with Gasteiger partial charge in [-0.2, -0.15) is 0 Å². The van der Waals surface area contributed by atoms with Crippen molar-refractivity contribution in [3.05, 3.63) is 65.2 Å². The van der Waals surface area contributed by atoms with Crippen LogP contribution in [0.3, 0.4) is 0 Å². The molecule has 1 aliphatic rings. The van der Waals surface area contributed by atoms with Crippen molar-refractivity contribution < 1.29 is 19.4 Å². The van der Waals surface area contributed by atoms with E-state index in [0.717, 1.165) is 27.9 Å². The number of hydrogen-bond acceptors (Lipinski definition) is 5. The minimum atomic E-state index is -0.921. The SMILES string of the molecule is COc1ccc(N=C2S/C(=C\c3cn(CC(=O)O)c4ccccc34)C(=O)N2C)cc1. The highest BCUT2D eigenvalue weighted by Crippen LogP contribution is 2.35. The van der Waals surface area contributed by atoms with Crippen molar-refractivity contribution in [3.8, 4) is 5.75 Å². The van der Waals surface area contributed by atoms with E-state index < -0.39 is 5.97 Å². The lowest BCUT2D eigenvalue weighted by Crippen LogP contribution is -2.23. The largest absolute Gasteiger partial charge is 0.497 e. The third-order valence-corrected chi connectivity index (χ3v) is 5.77. The Labute approximate surface area is 177 Å². The average Bonchev–Trinajstić information content (AvgIpc) is 3.21. The molecule has 3 aromatic rings. The second kappa shape index (κ2) is 8.08. The van der Waals surface area contributed by atoms with Gasteiger partial charge in [-0.3, -0.25) is 14.5 Å². The van der Waals surface area contributed by atoms with Gasteiger partial charge in [0.2, 0.25) is 0 Å². The monoisotopic (exact) mass is 421 g/mol. The number of methoxy groups -OCH3 is 1. The molecule has 2 heterocycles. The van der Waals surface area contributed by atoms with Crippen LogP contribution in [0.15, 0.2) is 64.6 Å². The van der Waals surface area contributed by atoms with Crippen LogP contribution in [0.5, 0.6) is 5.75 Å². The minimum absolute atomic E-state index is 0.144. The van der Waals surface area contributed by atoms with E-state index in [9.17, 15) is 14.7 Å². The number of aliphatic carboxylic acids is 1. The number of nitrogens with zero attached hydrogens (tertiary/aromatic N) is 3. The Bertz CT molecular complexity index is 1190. The summed E-state index contributed by atoms with van der Waals surface area (Å²) in [6, 6.07) is 14.8. The molecule has 1 amide bonds. The highest BCUT2D eigenvalue weighted by atomic mass is 32.2. The highest BCUT2D eigenvalue weighted by Gasteiger charge is 2.30. The molecule has 0 spiro atoms. The topological polar surface area (TPSA) is 84.1 Å². The summed E-state index contributed by atoms with van der Waals surface area (Å²) in [4.78, 5) is 30.6. The van der Waals surface area contributed by atoms with Crippen LogP contribution in [0.1, 0.15) is 5.56 Å². The second-order valence-electron chi connectivity index (χ2n) is 6.69. The Morgan fingerprint density at radius 3 is 2.63 bits per heavy atom. The van der Waals surface area contributed by atoms with Gasteiger partial charge in [-0.1, -0.05) is 18.2 Å². The number of amides is 1. The number of amidine groups is 1. The van der Waals surface area contributed by atoms with Crippen molar-refractivity contribution in [2.24, 2.45) is 4.99 Å². The third-order valence-electron chi connectivity index (χ3n) is 4.71. The molecule has 0 unspecified atom stereocenters. The molecule has 0 bridgehead atoms. The number of aromatic nitrogens is 1. The van der Waals surface area contributed by atoms with E-state index in [1.54, 1.807) is 31.0 Å². The van der Waals surface area contributed by atoms with Crippen LogP contribution in [0.2, 0.25) is 0 Å². The van der Waals surface area contributed by atoms with Gasteiger partial charge in [0.25, 0.3) is 5.91 Å². The first-order valence-corrected chi connectivity index (χ1v) is 9.98. The third kappa shape index (κ3) is 3.81. The van der Waals surface area contributed by atoms with Gasteiger partial charge < -0.3 is 14.4 Å². The van der Waals surface area contributed by atoms with Crippen molar-refractivity contribution in [1.82, 2.24) is 9.47 Å². The number of aliphatic imine (C=N–C) groups is 1. The number of thioether (sulfide) groups is 1. The van der Waals surface area contributed by atoms with E-state index in [0.29, 0.717) is 10.1 Å². The standard InChI is InChI=1S/C22H19N3O4S/c1-24-21(28)19(30-22(24)23-15-7-9-16(29-2)10-8-15)11-14-12-25(13-20(26)27)18-6-4-3-5-17(14)18/h3-12H,13H2,1-2H3,(H,26,27)/b19-11-,23-22?. The molecule has 7 nitrogen and oxygen atoms in total. The quantitative estimate of drug-likeness (QED) is 0.630. The molecule has 1 N–H and O–H groups in total. The van der Waals surface area contributed by atoms with Gasteiger partial charge in [0.1, 0.15) is 12.3 Å². The number of benzene rings is 2. The molecule has 0 atom stereocenters. The minimum Gasteiger partial charge on any atom is -0.497 e. The normalized spacial score (nSPS) is 16.7. The summed E-state index contributed by atoms with van der Waals surface area (Å²) in [7, 11) is 3.29. The first-order chi connectivity index (χ1) is 14.5. The van der Waals surface area contributed by atoms with E-state index in [1.165, 1.54) is 16.7 Å². The fourth-order valence-electron chi connectivity index (χ4n) is 3.23. The fourth-order valence-corrected chi connectivity index (χ4v) is 4.20. The summed E-state index contributed by atoms with van der Waals surface area (Å²) >= 11 is 1.29. The van der Waals surface area contributed by atoms with Crippen molar-refractivity contribution in [2.75, 3.05) is 14.2 Å². The van der Waals surface area contributed by atoms with Gasteiger partial charge in [-0.15, -0.1) is 0 Å². The van der Waals surface area contributed by atoms with Crippen LogP contribution < -0.4 is 4.74 Å². The van der Waals surface area contributed by atoms with Gasteiger partial charge >= 0.3 is 5.97 Å². The predicted molar refractivity (Wildman–Crippen MR) is 118 cm³/mol. The molecule has 2 aromatic carbocycles. The van der Waals surface area contributed by atoms with E-state index >= 15 is 0 Å². The lowest BCUT2D eigenvalue weighted by molar-refractivity contribution is -0.137. The lowest BCUT2D eigenvalue weighted by Gasteiger charge is -2.07. The summed E-state index contributed by atoms with van der Waals surface area (Å²) in [5, 5.41) is 10.6. The van der Waals surface area contributed by atoms with Crippen molar-refractivity contribution in [2.45, 2.75) is 6.54 Å². The second-order valence-corrected chi connectivity index (χ2v) is 7.70. The van der Waals surface area contributed by atoms with Crippen molar-refractivity contribution in [1.29, 1.82) is 0 Å². The van der Waals surface area contributed by atoms with Crippen molar-refractivity contribution in [3.63, 3.8) is 0 Å². The molecule has 0 radical (unpaired) electrons. The zero-order valence-corrected chi connectivity index (χ0v) is 17.2. The number of hydrogen-bond donors (Lipinski definition) is 1. The van der Waals surface area contributed by atoms with Crippen LogP contribution in [0.4, 0.5) is 5.69 Å². The molecular weight excluding hydrogens is 402 g/mol. The van der Waals surface area contributed by atoms with Gasteiger partial charge in [-0.25, -0.2) is 4.99 Å². The maximum atomic E-state index is 12.8. The number of ether oxygens (including phenoxy) is 1. The van der Waals surface area contributed by atoms with Gasteiger partial charge in [0.15, 0.2) is 5.17 Å². The van der Waals surface area contributed by atoms with Gasteiger partial charge in [0.05, 0.1) is 17.7 Å². The molecule has 1 aliphatic heterocycles. The van der Waals surface area contributed by atoms with Crippen LogP contribution in [0.25, 0.3) is 17.0 Å². The van der Waals surface area contributed by atoms with Gasteiger partial charge in [-0.05, 0) is 48.2 Å². The Morgan fingerprint density at radius 2 is 1.93 bits per heavy atom. The molecule has 8 heteroatoms. The summed E-state index contributed by atoms with van der Waals surface area (Å²) in [5.74, 6) is -0.335. The van der Waals surface area contributed by atoms with Crippen LogP contribution in [0, 0.1) is 0 Å². The van der Waals surface area contributed by atoms with E-state index in [2.05, 4.69) is 4.99 Å². The Kier molecular flexibility index (Phi) is 5.33. The Hall–Kier alpha value is -3.52. The van der Waals surface area contributed by atoms with Crippen molar-refractivity contribution >= 4 is 51.5 Å². The molecule has 1 fully saturated rings. The Balaban J connectivity index is 1.68. The number of carboxylic acid groups (broad SMARTS) is 1. The molecule has 0 aliphatic carbocycles. The fraction of sp³-hybridized carbons (Fsp3) is 0.136. The number of carboxylic acids is 1. The zero-order valence-electron chi connectivity index (χ0n) is 16.4. The smallest absolute Gasteiger partial charge is 0.323 e. The first-order valence-electron chi connectivity index (χ1n) is 9.16. The lowest BCUT2D eigenvalue weighted by atomic mass is 10.1. The predicted octanol–water partition coefficient (Wildman–Crippen LogP) is 3.97. The molecular formula is C22H19N3O4S. The van der Waals surface area contributed by atoms with E-state index in [1.807, 2.05) is 48.5 Å². The molecule has 30 heavy (non-hydrogen) atoms. The maximum absolute atomic E-state index is 12.8. The highest BCUT2D eigenvalue weighted by molar-refractivity contribution is 8.18. The summed E-state index contributed by atoms with van der Waals surface area (Å²) in [6.45, 7) is -0.144.